The van der Waals surface area contributed by atoms with E-state index in [2.05, 4.69) is 42.8 Å². The van der Waals surface area contributed by atoms with Crippen molar-refractivity contribution in [2.45, 2.75) is 6.42 Å². The second-order valence-electron chi connectivity index (χ2n) is 3.27. The second kappa shape index (κ2) is 2.10. The summed E-state index contributed by atoms with van der Waals surface area (Å²) < 4.78 is 0. The van der Waals surface area contributed by atoms with Crippen molar-refractivity contribution in [3.8, 4) is 0 Å². The van der Waals surface area contributed by atoms with Gasteiger partial charge in [-0.05, 0) is 34.7 Å². The van der Waals surface area contributed by atoms with Crippen molar-refractivity contribution in [1.29, 1.82) is 0 Å². The highest BCUT2D eigenvalue weighted by molar-refractivity contribution is 5.92. The van der Waals surface area contributed by atoms with E-state index in [0.29, 0.717) is 0 Å². The summed E-state index contributed by atoms with van der Waals surface area (Å²) in [6.45, 7) is 0. The lowest BCUT2D eigenvalue weighted by Gasteiger charge is -1.99. The highest BCUT2D eigenvalue weighted by Crippen LogP contribution is 2.31. The topological polar surface area (TPSA) is 0 Å². The van der Waals surface area contributed by atoms with Gasteiger partial charge >= 0.3 is 1.43 Å². The minimum absolute atomic E-state index is 0. The molecule has 0 nitrogen and oxygen atoms in total. The molecule has 0 atom stereocenters. The lowest BCUT2D eigenvalue weighted by Crippen LogP contribution is -1.76. The molecule has 0 unspecified atom stereocenters. The summed E-state index contributed by atoms with van der Waals surface area (Å²) in [6, 6.07) is 13.0. The van der Waals surface area contributed by atoms with E-state index >= 15 is 0 Å². The maximum atomic E-state index is 2.30. The second-order valence-corrected chi connectivity index (χ2v) is 3.27. The van der Waals surface area contributed by atoms with Gasteiger partial charge < -0.3 is 0 Å². The van der Waals surface area contributed by atoms with Crippen molar-refractivity contribution in [2.75, 3.05) is 0 Å². The lowest BCUT2D eigenvalue weighted by atomic mass is 10.1. The molecule has 0 heterocycles. The van der Waals surface area contributed by atoms with Gasteiger partial charge in [0.25, 0.3) is 0 Å². The number of benzene rings is 2. The molecular weight excluding hydrogens is 144 g/mol. The van der Waals surface area contributed by atoms with Crippen LogP contribution in [0.4, 0.5) is 0 Å². The summed E-state index contributed by atoms with van der Waals surface area (Å²) in [5, 5.41) is 2.83. The molecular formula is C12H10+. The predicted molar refractivity (Wildman–Crippen MR) is 52.2 cm³/mol. The van der Waals surface area contributed by atoms with Crippen molar-refractivity contribution in [1.82, 2.24) is 0 Å². The maximum absolute atomic E-state index is 2.30. The van der Waals surface area contributed by atoms with Gasteiger partial charge in [-0.2, -0.15) is 0 Å². The van der Waals surface area contributed by atoms with Crippen molar-refractivity contribution < 1.29 is 1.43 Å². The van der Waals surface area contributed by atoms with Crippen LogP contribution in [0.2, 0.25) is 0 Å². The van der Waals surface area contributed by atoms with Crippen molar-refractivity contribution in [2.24, 2.45) is 0 Å². The Balaban J connectivity index is 0.000000653. The third-order valence-electron chi connectivity index (χ3n) is 2.57. The summed E-state index contributed by atoms with van der Waals surface area (Å²) in [6.07, 6.45) is 3.41. The average molecular weight is 154 g/mol. The lowest BCUT2D eigenvalue weighted by molar-refractivity contribution is 1.25. The van der Waals surface area contributed by atoms with Gasteiger partial charge in [-0.15, -0.1) is 0 Å². The molecule has 57 valence electrons. The first kappa shape index (κ1) is 6.24. The zero-order chi connectivity index (χ0) is 7.97. The first-order chi connectivity index (χ1) is 5.95. The predicted octanol–water partition coefficient (Wildman–Crippen LogP) is 3.06. The van der Waals surface area contributed by atoms with Crippen LogP contribution in [-0.2, 0) is 6.42 Å². The van der Waals surface area contributed by atoms with Gasteiger partial charge in [0.1, 0.15) is 0 Å². The van der Waals surface area contributed by atoms with Gasteiger partial charge in [0.2, 0.25) is 0 Å². The van der Waals surface area contributed by atoms with Gasteiger partial charge in [0, 0.05) is 0 Å². The molecule has 0 aliphatic heterocycles. The first-order valence-corrected chi connectivity index (χ1v) is 4.29. The SMILES string of the molecule is [CH]1Cc2cccc3cccc1c23.[H+]. The van der Waals surface area contributed by atoms with Crippen molar-refractivity contribution >= 4 is 10.8 Å². The summed E-state index contributed by atoms with van der Waals surface area (Å²) in [4.78, 5) is 0. The van der Waals surface area contributed by atoms with Crippen LogP contribution in [0.25, 0.3) is 10.8 Å². The summed E-state index contributed by atoms with van der Waals surface area (Å²) in [5.74, 6) is 0. The fraction of sp³-hybridized carbons (Fsp3) is 0.0833. The molecule has 0 fully saturated rings. The van der Waals surface area contributed by atoms with Gasteiger partial charge in [-0.25, -0.2) is 0 Å². The van der Waals surface area contributed by atoms with Crippen LogP contribution in [0.15, 0.2) is 36.4 Å². The van der Waals surface area contributed by atoms with Crippen LogP contribution in [0.3, 0.4) is 0 Å². The molecule has 2 aromatic carbocycles. The molecule has 1 aliphatic carbocycles. The Morgan fingerprint density at radius 3 is 2.75 bits per heavy atom. The summed E-state index contributed by atoms with van der Waals surface area (Å²) >= 11 is 0. The van der Waals surface area contributed by atoms with E-state index in [1.54, 1.807) is 0 Å². The molecule has 12 heavy (non-hydrogen) atoms. The Labute approximate surface area is 73.3 Å². The standard InChI is InChI=1S/C12H9/c1-3-9-4-2-6-11-8-7-10(5-1)12(9)11/h1-7H,8H2/p+1. The molecule has 0 saturated carbocycles. The third kappa shape index (κ3) is 0.672. The van der Waals surface area contributed by atoms with Gasteiger partial charge in [0.15, 0.2) is 0 Å². The minimum atomic E-state index is 0. The molecule has 0 N–H and O–H groups in total. The molecule has 1 radical (unpaired) electrons. The van der Waals surface area contributed by atoms with Crippen LogP contribution in [0.1, 0.15) is 12.6 Å². The summed E-state index contributed by atoms with van der Waals surface area (Å²) in [5.41, 5.74) is 2.88. The normalized spacial score (nSPS) is 14.0. The monoisotopic (exact) mass is 154 g/mol. The molecule has 0 bridgehead atoms. The molecule has 2 aromatic rings. The molecule has 0 saturated heterocycles. The highest BCUT2D eigenvalue weighted by atomic mass is 14.2. The number of rotatable bonds is 0. The maximum Gasteiger partial charge on any atom is 1.00 e. The number of hydrogen-bond donors (Lipinski definition) is 0. The van der Waals surface area contributed by atoms with Crippen molar-refractivity contribution in [3.05, 3.63) is 53.9 Å². The fourth-order valence-electron chi connectivity index (χ4n) is 2.01. The average Bonchev–Trinajstić information content (AvgIpc) is 2.52. The zero-order valence-electron chi connectivity index (χ0n) is 7.75. The van der Waals surface area contributed by atoms with E-state index < -0.39 is 0 Å². The van der Waals surface area contributed by atoms with E-state index in [-0.39, 0.29) is 1.43 Å². The van der Waals surface area contributed by atoms with Gasteiger partial charge in [0.05, 0.1) is 0 Å². The van der Waals surface area contributed by atoms with E-state index in [9.17, 15) is 0 Å². The van der Waals surface area contributed by atoms with Crippen LogP contribution in [0.5, 0.6) is 0 Å². The van der Waals surface area contributed by atoms with Crippen LogP contribution >= 0.6 is 0 Å². The van der Waals surface area contributed by atoms with E-state index in [0.717, 1.165) is 6.42 Å². The zero-order valence-corrected chi connectivity index (χ0v) is 6.75. The molecule has 3 rings (SSSR count). The van der Waals surface area contributed by atoms with Crippen LogP contribution in [0, 0.1) is 6.42 Å². The highest BCUT2D eigenvalue weighted by Gasteiger charge is 2.12. The van der Waals surface area contributed by atoms with E-state index in [1.807, 2.05) is 0 Å². The molecule has 0 spiro atoms. The first-order valence-electron chi connectivity index (χ1n) is 4.29. The summed E-state index contributed by atoms with van der Waals surface area (Å²) in [7, 11) is 0. The van der Waals surface area contributed by atoms with Crippen molar-refractivity contribution in [3.63, 3.8) is 0 Å². The van der Waals surface area contributed by atoms with Gasteiger partial charge in [-0.3, -0.25) is 0 Å². The molecule has 1 aliphatic rings. The largest absolute Gasteiger partial charge is 1.00 e. The Bertz CT molecular complexity index is 407. The molecule has 0 amide bonds. The number of hydrogen-bond acceptors (Lipinski definition) is 0. The fourth-order valence-corrected chi connectivity index (χ4v) is 2.01. The Hall–Kier alpha value is -1.30. The molecule has 0 heteroatoms. The quantitative estimate of drug-likeness (QED) is 0.547. The Morgan fingerprint density at radius 1 is 1.00 bits per heavy atom. The van der Waals surface area contributed by atoms with Crippen LogP contribution < -0.4 is 0 Å². The Morgan fingerprint density at radius 2 is 1.83 bits per heavy atom. The minimum Gasteiger partial charge on any atom is -0.0614 e. The van der Waals surface area contributed by atoms with E-state index in [4.69, 9.17) is 0 Å². The third-order valence-corrected chi connectivity index (χ3v) is 2.57. The van der Waals surface area contributed by atoms with E-state index in [1.165, 1.54) is 21.9 Å². The van der Waals surface area contributed by atoms with Crippen LogP contribution in [-0.4, -0.2) is 0 Å². The smallest absolute Gasteiger partial charge is 0.0614 e. The Kier molecular flexibility index (Phi) is 1.09. The molecule has 0 aromatic heterocycles. The van der Waals surface area contributed by atoms with Gasteiger partial charge in [-0.1, -0.05) is 36.4 Å².